The smallest absolute Gasteiger partial charge is 0.115 e. The molecule has 2 nitrogen and oxygen atoms in total. The topological polar surface area (TPSA) is 23.5 Å². The normalized spacial score (nSPS) is 20.1. The lowest BCUT2D eigenvalue weighted by Crippen LogP contribution is -2.56. The van der Waals surface area contributed by atoms with Crippen LogP contribution >= 0.6 is 0 Å². The molecule has 0 unspecified atom stereocenters. The first kappa shape index (κ1) is 17.3. The molecule has 0 spiro atoms. The highest BCUT2D eigenvalue weighted by Gasteiger charge is 2.51. The maximum atomic E-state index is 9.45. The van der Waals surface area contributed by atoms with E-state index in [1.807, 2.05) is 12.1 Å². The van der Waals surface area contributed by atoms with Gasteiger partial charge in [0.05, 0.1) is 0 Å². The molecular weight excluding hydrogens is 270 g/mol. The van der Waals surface area contributed by atoms with E-state index >= 15 is 0 Å². The molecule has 0 amide bonds. The number of aromatic hydroxyl groups is 1. The molecule has 1 fully saturated rings. The monoisotopic (exact) mass is 303 g/mol. The number of rotatable bonds is 2. The largest absolute Gasteiger partial charge is 0.508 e. The van der Waals surface area contributed by atoms with Crippen molar-refractivity contribution in [3.05, 3.63) is 29.8 Å². The molecule has 0 bridgehead atoms. The number of hydrogen-bond donors (Lipinski definition) is 1. The van der Waals surface area contributed by atoms with Gasteiger partial charge in [0.2, 0.25) is 0 Å². The van der Waals surface area contributed by atoms with Gasteiger partial charge in [-0.05, 0) is 53.3 Å². The predicted octanol–water partition coefficient (Wildman–Crippen LogP) is 5.07. The lowest BCUT2D eigenvalue weighted by molar-refractivity contribution is -0.0912. The van der Waals surface area contributed by atoms with Crippen molar-refractivity contribution < 1.29 is 5.11 Å². The van der Waals surface area contributed by atoms with Crippen LogP contribution < -0.4 is 0 Å². The summed E-state index contributed by atoms with van der Waals surface area (Å²) in [6.45, 7) is 17.7. The number of likely N-dealkylation sites (tertiary alicyclic amines) is 1. The Bertz CT molecular complexity index is 476. The Morgan fingerprint density at radius 2 is 1.55 bits per heavy atom. The third-order valence-electron chi connectivity index (χ3n) is 5.79. The molecule has 2 heteroatoms. The van der Waals surface area contributed by atoms with Crippen LogP contribution in [0, 0.1) is 16.2 Å². The Kier molecular flexibility index (Phi) is 4.64. The second-order valence-electron chi connectivity index (χ2n) is 9.06. The van der Waals surface area contributed by atoms with Gasteiger partial charge in [-0.25, -0.2) is 0 Å². The SMILES string of the molecule is CC(C)(C)C1(C(C)(C)C)CCCN(Cc2ccc(O)cc2)C1. The Morgan fingerprint density at radius 3 is 2.05 bits per heavy atom. The van der Waals surface area contributed by atoms with Crippen LogP contribution in [-0.4, -0.2) is 23.1 Å². The van der Waals surface area contributed by atoms with E-state index < -0.39 is 0 Å². The molecule has 0 saturated carbocycles. The molecule has 1 aromatic rings. The summed E-state index contributed by atoms with van der Waals surface area (Å²) in [7, 11) is 0. The summed E-state index contributed by atoms with van der Waals surface area (Å²) in [5.41, 5.74) is 2.20. The summed E-state index contributed by atoms with van der Waals surface area (Å²) < 4.78 is 0. The van der Waals surface area contributed by atoms with Crippen LogP contribution in [-0.2, 0) is 6.54 Å². The standard InChI is InChI=1S/C20H33NO/c1-18(2,3)20(19(4,5)6)12-7-13-21(15-20)14-16-8-10-17(22)11-9-16/h8-11,22H,7,12-15H2,1-6H3. The maximum absolute atomic E-state index is 9.45. The number of hydrogen-bond acceptors (Lipinski definition) is 2. The van der Waals surface area contributed by atoms with Crippen LogP contribution in [0.5, 0.6) is 5.75 Å². The highest BCUT2D eigenvalue weighted by atomic mass is 16.3. The van der Waals surface area contributed by atoms with Gasteiger partial charge in [-0.2, -0.15) is 0 Å². The fraction of sp³-hybridized carbons (Fsp3) is 0.700. The van der Waals surface area contributed by atoms with Gasteiger partial charge in [0.15, 0.2) is 0 Å². The minimum absolute atomic E-state index is 0.291. The van der Waals surface area contributed by atoms with E-state index in [-0.39, 0.29) is 0 Å². The highest BCUT2D eigenvalue weighted by molar-refractivity contribution is 5.25. The lowest BCUT2D eigenvalue weighted by atomic mass is 9.51. The Balaban J connectivity index is 2.21. The molecule has 1 heterocycles. The molecule has 0 radical (unpaired) electrons. The van der Waals surface area contributed by atoms with E-state index in [1.165, 1.54) is 24.9 Å². The molecule has 1 aromatic carbocycles. The summed E-state index contributed by atoms with van der Waals surface area (Å²) in [6.07, 6.45) is 2.58. The van der Waals surface area contributed by atoms with E-state index in [9.17, 15) is 5.11 Å². The van der Waals surface area contributed by atoms with Crippen molar-refractivity contribution in [3.63, 3.8) is 0 Å². The third kappa shape index (κ3) is 3.32. The summed E-state index contributed by atoms with van der Waals surface area (Å²) in [5, 5.41) is 9.45. The number of nitrogens with zero attached hydrogens (tertiary/aromatic N) is 1. The third-order valence-corrected chi connectivity index (χ3v) is 5.79. The zero-order valence-electron chi connectivity index (χ0n) is 15.2. The summed E-state index contributed by atoms with van der Waals surface area (Å²) in [5.74, 6) is 0.348. The van der Waals surface area contributed by atoms with Gasteiger partial charge in [0, 0.05) is 13.1 Å². The van der Waals surface area contributed by atoms with Gasteiger partial charge in [-0.1, -0.05) is 53.7 Å². The van der Waals surface area contributed by atoms with Crippen molar-refractivity contribution >= 4 is 0 Å². The van der Waals surface area contributed by atoms with Crippen molar-refractivity contribution in [2.45, 2.75) is 60.9 Å². The van der Waals surface area contributed by atoms with Gasteiger partial charge in [0.25, 0.3) is 0 Å². The van der Waals surface area contributed by atoms with E-state index in [1.54, 1.807) is 12.1 Å². The maximum Gasteiger partial charge on any atom is 0.115 e. The van der Waals surface area contributed by atoms with Crippen LogP contribution in [0.4, 0.5) is 0 Å². The molecule has 0 aromatic heterocycles. The first-order valence-corrected chi connectivity index (χ1v) is 8.55. The van der Waals surface area contributed by atoms with Crippen LogP contribution in [0.25, 0.3) is 0 Å². The van der Waals surface area contributed by atoms with Crippen molar-refractivity contribution in [1.82, 2.24) is 4.90 Å². The van der Waals surface area contributed by atoms with Crippen molar-refractivity contribution in [2.24, 2.45) is 16.2 Å². The second-order valence-corrected chi connectivity index (χ2v) is 9.06. The predicted molar refractivity (Wildman–Crippen MR) is 94.0 cm³/mol. The molecular formula is C20H33NO. The Hall–Kier alpha value is -1.02. The highest BCUT2D eigenvalue weighted by Crippen LogP contribution is 2.56. The molecule has 1 aliphatic rings. The lowest BCUT2D eigenvalue weighted by Gasteiger charge is -2.58. The minimum Gasteiger partial charge on any atom is -0.508 e. The number of piperidine rings is 1. The molecule has 22 heavy (non-hydrogen) atoms. The van der Waals surface area contributed by atoms with Gasteiger partial charge in [-0.15, -0.1) is 0 Å². The summed E-state index contributed by atoms with van der Waals surface area (Å²) in [6, 6.07) is 7.67. The summed E-state index contributed by atoms with van der Waals surface area (Å²) >= 11 is 0. The van der Waals surface area contributed by atoms with Gasteiger partial charge in [-0.3, -0.25) is 4.90 Å². The first-order chi connectivity index (χ1) is 10.1. The average molecular weight is 303 g/mol. The first-order valence-electron chi connectivity index (χ1n) is 8.55. The number of phenolic OH excluding ortho intramolecular Hbond substituents is 1. The fourth-order valence-electron chi connectivity index (χ4n) is 4.49. The number of phenols is 1. The van der Waals surface area contributed by atoms with Crippen LogP contribution in [0.3, 0.4) is 0 Å². The van der Waals surface area contributed by atoms with Crippen LogP contribution in [0.1, 0.15) is 59.9 Å². The average Bonchev–Trinajstić information content (AvgIpc) is 2.39. The molecule has 0 aliphatic carbocycles. The quantitative estimate of drug-likeness (QED) is 0.825. The van der Waals surface area contributed by atoms with Gasteiger partial charge >= 0.3 is 0 Å². The van der Waals surface area contributed by atoms with Gasteiger partial charge < -0.3 is 5.11 Å². The zero-order chi connectivity index (χ0) is 16.6. The minimum atomic E-state index is 0.291. The van der Waals surface area contributed by atoms with Crippen LogP contribution in [0.2, 0.25) is 0 Å². The number of benzene rings is 1. The van der Waals surface area contributed by atoms with E-state index in [2.05, 4.69) is 46.4 Å². The van der Waals surface area contributed by atoms with Crippen molar-refractivity contribution in [1.29, 1.82) is 0 Å². The second kappa shape index (κ2) is 5.88. The Morgan fingerprint density at radius 1 is 1.00 bits per heavy atom. The Labute approximate surface area is 136 Å². The molecule has 1 N–H and O–H groups in total. The fourth-order valence-corrected chi connectivity index (χ4v) is 4.49. The van der Waals surface area contributed by atoms with E-state index in [0.29, 0.717) is 22.0 Å². The van der Waals surface area contributed by atoms with E-state index in [4.69, 9.17) is 0 Å². The summed E-state index contributed by atoms with van der Waals surface area (Å²) in [4.78, 5) is 2.60. The van der Waals surface area contributed by atoms with Crippen LogP contribution in [0.15, 0.2) is 24.3 Å². The van der Waals surface area contributed by atoms with Crippen molar-refractivity contribution in [2.75, 3.05) is 13.1 Å². The van der Waals surface area contributed by atoms with Crippen molar-refractivity contribution in [3.8, 4) is 5.75 Å². The van der Waals surface area contributed by atoms with E-state index in [0.717, 1.165) is 13.1 Å². The molecule has 124 valence electrons. The molecule has 1 aliphatic heterocycles. The zero-order valence-corrected chi connectivity index (χ0v) is 15.2. The molecule has 1 saturated heterocycles. The molecule has 0 atom stereocenters. The molecule has 2 rings (SSSR count). The van der Waals surface area contributed by atoms with Gasteiger partial charge in [0.1, 0.15) is 5.75 Å².